The van der Waals surface area contributed by atoms with Gasteiger partial charge in [0.05, 0.1) is 0 Å². The van der Waals surface area contributed by atoms with Gasteiger partial charge < -0.3 is 0 Å². The van der Waals surface area contributed by atoms with Crippen LogP contribution in [0.5, 0.6) is 0 Å². The van der Waals surface area contributed by atoms with E-state index < -0.39 is 0 Å². The van der Waals surface area contributed by atoms with Gasteiger partial charge in [-0.2, -0.15) is 12.6 Å². The summed E-state index contributed by atoms with van der Waals surface area (Å²) in [6.07, 6.45) is 0.842. The zero-order valence-corrected chi connectivity index (χ0v) is 9.95. The molecule has 0 heterocycles. The highest BCUT2D eigenvalue weighted by Crippen LogP contribution is 2.16. The first-order valence-electron chi connectivity index (χ1n) is 4.10. The fourth-order valence-corrected chi connectivity index (χ4v) is 1.38. The van der Waals surface area contributed by atoms with Gasteiger partial charge >= 0.3 is 0 Å². The fourth-order valence-electron chi connectivity index (χ4n) is 0.891. The molecule has 0 N–H and O–H groups in total. The molecule has 2 heteroatoms. The maximum absolute atomic E-state index is 4.09. The lowest BCUT2D eigenvalue weighted by Crippen LogP contribution is -1.78. The molecule has 13 heavy (non-hydrogen) atoms. The Hall–Kier alpha value is -0.390. The summed E-state index contributed by atoms with van der Waals surface area (Å²) >= 11 is 7.56. The van der Waals surface area contributed by atoms with Gasteiger partial charge in [0.2, 0.25) is 0 Å². The molecule has 0 nitrogen and oxygen atoms in total. The van der Waals surface area contributed by atoms with E-state index >= 15 is 0 Å². The van der Waals surface area contributed by atoms with E-state index in [1.807, 2.05) is 12.1 Å². The predicted molar refractivity (Wildman–Crippen MR) is 64.2 cm³/mol. The Morgan fingerprint density at radius 2 is 2.23 bits per heavy atom. The highest BCUT2D eigenvalue weighted by atomic mass is 79.9. The van der Waals surface area contributed by atoms with Gasteiger partial charge in [0.15, 0.2) is 0 Å². The van der Waals surface area contributed by atoms with Gasteiger partial charge in [0.1, 0.15) is 0 Å². The molecule has 68 valence electrons. The molecule has 0 atom stereocenters. The second-order valence-electron chi connectivity index (χ2n) is 2.74. The molecule has 0 saturated carbocycles. The zero-order valence-electron chi connectivity index (χ0n) is 7.47. The van der Waals surface area contributed by atoms with Crippen molar-refractivity contribution in [1.29, 1.82) is 0 Å². The Bertz CT molecular complexity index is 347. The van der Waals surface area contributed by atoms with Gasteiger partial charge in [0, 0.05) is 22.2 Å². The molecule has 0 aliphatic heterocycles. The minimum absolute atomic E-state index is 0.819. The molecular weight excluding hydrogens is 244 g/mol. The SMILES string of the molecule is Cc1ccc(C#CCCS)cc1Br. The van der Waals surface area contributed by atoms with E-state index in [4.69, 9.17) is 0 Å². The van der Waals surface area contributed by atoms with Crippen molar-refractivity contribution in [1.82, 2.24) is 0 Å². The van der Waals surface area contributed by atoms with Crippen LogP contribution in [-0.2, 0) is 0 Å². The van der Waals surface area contributed by atoms with Crippen LogP contribution in [-0.4, -0.2) is 5.75 Å². The van der Waals surface area contributed by atoms with Crippen LogP contribution in [0.1, 0.15) is 17.5 Å². The van der Waals surface area contributed by atoms with Crippen LogP contribution in [0.2, 0.25) is 0 Å². The molecule has 0 saturated heterocycles. The van der Waals surface area contributed by atoms with E-state index in [1.165, 1.54) is 5.56 Å². The first kappa shape index (κ1) is 10.7. The van der Waals surface area contributed by atoms with Crippen molar-refractivity contribution >= 4 is 28.6 Å². The molecule has 1 rings (SSSR count). The van der Waals surface area contributed by atoms with Crippen molar-refractivity contribution in [2.24, 2.45) is 0 Å². The van der Waals surface area contributed by atoms with E-state index in [0.717, 1.165) is 22.2 Å². The first-order valence-corrected chi connectivity index (χ1v) is 5.52. The molecule has 0 aliphatic rings. The van der Waals surface area contributed by atoms with Gasteiger partial charge in [-0.3, -0.25) is 0 Å². The largest absolute Gasteiger partial charge is 0.178 e. The molecule has 0 unspecified atom stereocenters. The third-order valence-corrected chi connectivity index (χ3v) is 2.72. The predicted octanol–water partition coefficient (Wildman–Crippen LogP) is 3.43. The van der Waals surface area contributed by atoms with E-state index in [1.54, 1.807) is 0 Å². The van der Waals surface area contributed by atoms with E-state index in [2.05, 4.69) is 53.4 Å². The van der Waals surface area contributed by atoms with Crippen molar-refractivity contribution in [3.8, 4) is 11.8 Å². The van der Waals surface area contributed by atoms with E-state index in [-0.39, 0.29) is 0 Å². The molecule has 0 spiro atoms. The van der Waals surface area contributed by atoms with Crippen LogP contribution >= 0.6 is 28.6 Å². The Balaban J connectivity index is 2.81. The van der Waals surface area contributed by atoms with Gasteiger partial charge in [-0.15, -0.1) is 0 Å². The van der Waals surface area contributed by atoms with Gasteiger partial charge in [-0.05, 0) is 24.6 Å². The maximum atomic E-state index is 4.09. The minimum Gasteiger partial charge on any atom is -0.178 e. The fraction of sp³-hybridized carbons (Fsp3) is 0.273. The molecule has 0 aliphatic carbocycles. The minimum atomic E-state index is 0.819. The average molecular weight is 255 g/mol. The van der Waals surface area contributed by atoms with Crippen LogP contribution in [0.4, 0.5) is 0 Å². The monoisotopic (exact) mass is 254 g/mol. The van der Waals surface area contributed by atoms with Gasteiger partial charge in [-0.1, -0.05) is 33.8 Å². The summed E-state index contributed by atoms with van der Waals surface area (Å²) in [5.41, 5.74) is 2.29. The summed E-state index contributed by atoms with van der Waals surface area (Å²) in [6, 6.07) is 6.14. The molecule has 0 bridgehead atoms. The van der Waals surface area contributed by atoms with Crippen LogP contribution < -0.4 is 0 Å². The standard InChI is InChI=1S/C11H11BrS/c1-9-5-6-10(8-11(9)12)4-2-3-7-13/h5-6,8,13H,3,7H2,1H3. The summed E-state index contributed by atoms with van der Waals surface area (Å²) in [6.45, 7) is 2.06. The summed E-state index contributed by atoms with van der Waals surface area (Å²) < 4.78 is 1.12. The van der Waals surface area contributed by atoms with Gasteiger partial charge in [0.25, 0.3) is 0 Å². The highest BCUT2D eigenvalue weighted by Gasteiger charge is 1.93. The number of rotatable bonds is 1. The van der Waals surface area contributed by atoms with Crippen molar-refractivity contribution in [2.45, 2.75) is 13.3 Å². The Kier molecular flexibility index (Phi) is 4.41. The van der Waals surface area contributed by atoms with Crippen LogP contribution in [0, 0.1) is 18.8 Å². The number of halogens is 1. The first-order chi connectivity index (χ1) is 6.24. The Morgan fingerprint density at radius 1 is 1.46 bits per heavy atom. The van der Waals surface area contributed by atoms with Crippen molar-refractivity contribution in [3.05, 3.63) is 33.8 Å². The smallest absolute Gasteiger partial charge is 0.0256 e. The number of thiol groups is 1. The average Bonchev–Trinajstić information content (AvgIpc) is 2.12. The second-order valence-corrected chi connectivity index (χ2v) is 4.04. The lowest BCUT2D eigenvalue weighted by atomic mass is 10.1. The van der Waals surface area contributed by atoms with Gasteiger partial charge in [-0.25, -0.2) is 0 Å². The number of aryl methyl sites for hydroxylation is 1. The van der Waals surface area contributed by atoms with Crippen molar-refractivity contribution < 1.29 is 0 Å². The van der Waals surface area contributed by atoms with Crippen molar-refractivity contribution in [3.63, 3.8) is 0 Å². The zero-order chi connectivity index (χ0) is 9.68. The normalized spacial score (nSPS) is 9.15. The summed E-state index contributed by atoms with van der Waals surface area (Å²) in [7, 11) is 0. The van der Waals surface area contributed by atoms with E-state index in [9.17, 15) is 0 Å². The third-order valence-electron chi connectivity index (χ3n) is 1.64. The molecule has 1 aromatic carbocycles. The molecule has 0 fully saturated rings. The number of hydrogen-bond donors (Lipinski definition) is 1. The topological polar surface area (TPSA) is 0 Å². The lowest BCUT2D eigenvalue weighted by Gasteiger charge is -1.96. The summed E-state index contributed by atoms with van der Waals surface area (Å²) in [4.78, 5) is 0. The Morgan fingerprint density at radius 3 is 2.85 bits per heavy atom. The third kappa shape index (κ3) is 3.46. The molecule has 0 amide bonds. The molecule has 0 radical (unpaired) electrons. The lowest BCUT2D eigenvalue weighted by molar-refractivity contribution is 1.31. The van der Waals surface area contributed by atoms with Crippen LogP contribution in [0.15, 0.2) is 22.7 Å². The summed E-state index contributed by atoms with van der Waals surface area (Å²) in [5, 5.41) is 0. The van der Waals surface area contributed by atoms with Crippen molar-refractivity contribution in [2.75, 3.05) is 5.75 Å². The highest BCUT2D eigenvalue weighted by molar-refractivity contribution is 9.10. The second kappa shape index (κ2) is 5.36. The van der Waals surface area contributed by atoms with E-state index in [0.29, 0.717) is 0 Å². The Labute approximate surface area is 93.3 Å². The molecule has 0 aromatic heterocycles. The number of benzene rings is 1. The quantitative estimate of drug-likeness (QED) is 0.577. The van der Waals surface area contributed by atoms with Crippen LogP contribution in [0.25, 0.3) is 0 Å². The summed E-state index contributed by atoms with van der Waals surface area (Å²) in [5.74, 6) is 6.96. The molecular formula is C11H11BrS. The van der Waals surface area contributed by atoms with Crippen LogP contribution in [0.3, 0.4) is 0 Å². The maximum Gasteiger partial charge on any atom is 0.0256 e. The number of hydrogen-bond acceptors (Lipinski definition) is 1. The molecule has 1 aromatic rings.